The van der Waals surface area contributed by atoms with Gasteiger partial charge in [0, 0.05) is 17.8 Å². The Labute approximate surface area is 95.1 Å². The molecule has 16 heavy (non-hydrogen) atoms. The van der Waals surface area contributed by atoms with Crippen LogP contribution in [-0.2, 0) is 0 Å². The molecule has 0 bridgehead atoms. The lowest BCUT2D eigenvalue weighted by atomic mass is 10.1. The maximum Gasteiger partial charge on any atom is 0.119 e. The lowest BCUT2D eigenvalue weighted by molar-refractivity contribution is 0.505. The van der Waals surface area contributed by atoms with Crippen LogP contribution in [0.15, 0.2) is 16.7 Å². The number of furan rings is 1. The molecule has 2 rings (SSSR count). The van der Waals surface area contributed by atoms with Gasteiger partial charge in [-0.05, 0) is 33.8 Å². The van der Waals surface area contributed by atoms with Gasteiger partial charge in [0.1, 0.15) is 17.2 Å². The summed E-state index contributed by atoms with van der Waals surface area (Å²) < 4.78 is 7.36. The molecule has 86 valence electrons. The third-order valence-electron chi connectivity index (χ3n) is 2.59. The summed E-state index contributed by atoms with van der Waals surface area (Å²) in [6, 6.07) is 2.28. The van der Waals surface area contributed by atoms with Crippen molar-refractivity contribution in [3.05, 3.63) is 23.8 Å². The Morgan fingerprint density at radius 3 is 2.50 bits per heavy atom. The molecule has 0 saturated heterocycles. The summed E-state index contributed by atoms with van der Waals surface area (Å²) in [7, 11) is 0. The summed E-state index contributed by atoms with van der Waals surface area (Å²) in [6.45, 7) is 8.00. The van der Waals surface area contributed by atoms with Gasteiger partial charge in [-0.1, -0.05) is 0 Å². The quantitative estimate of drug-likeness (QED) is 0.844. The second-order valence-corrected chi connectivity index (χ2v) is 4.33. The molecule has 2 aromatic heterocycles. The highest BCUT2D eigenvalue weighted by molar-refractivity contribution is 5.73. The predicted octanol–water partition coefficient (Wildman–Crippen LogP) is 2.92. The fraction of sp³-hybridized carbons (Fsp3) is 0.417. The molecule has 0 fully saturated rings. The summed E-state index contributed by atoms with van der Waals surface area (Å²) in [5.41, 5.74) is 8.45. The topological polar surface area (TPSA) is 57.0 Å². The van der Waals surface area contributed by atoms with Crippen molar-refractivity contribution in [2.75, 3.05) is 5.73 Å². The summed E-state index contributed by atoms with van der Waals surface area (Å²) in [5, 5.41) is 4.49. The molecular formula is C12H17N3O. The Morgan fingerprint density at radius 1 is 1.38 bits per heavy atom. The van der Waals surface area contributed by atoms with Gasteiger partial charge in [-0.2, -0.15) is 5.10 Å². The van der Waals surface area contributed by atoms with Crippen LogP contribution in [0.25, 0.3) is 11.3 Å². The van der Waals surface area contributed by atoms with Gasteiger partial charge in [-0.3, -0.25) is 4.68 Å². The second kappa shape index (κ2) is 3.70. The highest BCUT2D eigenvalue weighted by Gasteiger charge is 2.15. The van der Waals surface area contributed by atoms with Crippen molar-refractivity contribution in [3.63, 3.8) is 0 Å². The van der Waals surface area contributed by atoms with Crippen LogP contribution in [0.3, 0.4) is 0 Å². The molecule has 4 nitrogen and oxygen atoms in total. The SMILES string of the molecule is Cc1cc(-c2nn(C(C)C)cc2N)c(C)o1. The van der Waals surface area contributed by atoms with Crippen LogP contribution in [0.5, 0.6) is 0 Å². The molecule has 2 N–H and O–H groups in total. The molecule has 2 heterocycles. The first-order valence-electron chi connectivity index (χ1n) is 5.41. The zero-order chi connectivity index (χ0) is 11.9. The van der Waals surface area contributed by atoms with E-state index in [1.54, 1.807) is 0 Å². The maximum absolute atomic E-state index is 5.96. The van der Waals surface area contributed by atoms with Gasteiger partial charge in [0.05, 0.1) is 5.69 Å². The Morgan fingerprint density at radius 2 is 2.06 bits per heavy atom. The predicted molar refractivity (Wildman–Crippen MR) is 64.2 cm³/mol. The van der Waals surface area contributed by atoms with E-state index < -0.39 is 0 Å². The number of rotatable bonds is 2. The minimum absolute atomic E-state index is 0.310. The molecular weight excluding hydrogens is 202 g/mol. The standard InChI is InChI=1S/C12H17N3O/c1-7(2)15-6-11(13)12(14-15)10-5-8(3)16-9(10)4/h5-7H,13H2,1-4H3. The minimum Gasteiger partial charge on any atom is -0.466 e. The normalized spacial score (nSPS) is 11.3. The molecule has 0 aliphatic heterocycles. The largest absolute Gasteiger partial charge is 0.466 e. The first kappa shape index (κ1) is 10.8. The lowest BCUT2D eigenvalue weighted by Gasteiger charge is -2.02. The van der Waals surface area contributed by atoms with Crippen LogP contribution < -0.4 is 5.73 Å². The van der Waals surface area contributed by atoms with Gasteiger partial charge in [0.2, 0.25) is 0 Å². The van der Waals surface area contributed by atoms with Crippen molar-refractivity contribution >= 4 is 5.69 Å². The van der Waals surface area contributed by atoms with Crippen molar-refractivity contribution in [2.45, 2.75) is 33.7 Å². The Kier molecular flexibility index (Phi) is 2.50. The third kappa shape index (κ3) is 1.71. The van der Waals surface area contributed by atoms with Crippen molar-refractivity contribution in [1.29, 1.82) is 0 Å². The molecule has 0 amide bonds. The number of nitrogens with zero attached hydrogens (tertiary/aromatic N) is 2. The van der Waals surface area contributed by atoms with E-state index in [2.05, 4.69) is 18.9 Å². The van der Waals surface area contributed by atoms with E-state index in [1.165, 1.54) is 0 Å². The van der Waals surface area contributed by atoms with E-state index in [0.717, 1.165) is 22.8 Å². The van der Waals surface area contributed by atoms with Crippen LogP contribution in [-0.4, -0.2) is 9.78 Å². The van der Waals surface area contributed by atoms with E-state index in [4.69, 9.17) is 10.2 Å². The highest BCUT2D eigenvalue weighted by atomic mass is 16.3. The van der Waals surface area contributed by atoms with Gasteiger partial charge in [-0.15, -0.1) is 0 Å². The lowest BCUT2D eigenvalue weighted by Crippen LogP contribution is -2.00. The van der Waals surface area contributed by atoms with Gasteiger partial charge in [0.15, 0.2) is 0 Å². The smallest absolute Gasteiger partial charge is 0.119 e. The molecule has 0 saturated carbocycles. The summed E-state index contributed by atoms with van der Waals surface area (Å²) in [6.07, 6.45) is 1.86. The van der Waals surface area contributed by atoms with E-state index in [9.17, 15) is 0 Å². The van der Waals surface area contributed by atoms with Crippen LogP contribution in [0.2, 0.25) is 0 Å². The molecule has 0 radical (unpaired) electrons. The number of nitrogens with two attached hydrogens (primary N) is 1. The van der Waals surface area contributed by atoms with Gasteiger partial charge >= 0.3 is 0 Å². The van der Waals surface area contributed by atoms with Crippen LogP contribution in [0.1, 0.15) is 31.4 Å². The Balaban J connectivity index is 2.52. The number of hydrogen-bond acceptors (Lipinski definition) is 3. The van der Waals surface area contributed by atoms with Crippen molar-refractivity contribution in [1.82, 2.24) is 9.78 Å². The number of anilines is 1. The van der Waals surface area contributed by atoms with Gasteiger partial charge in [0.25, 0.3) is 0 Å². The van der Waals surface area contributed by atoms with Crippen LogP contribution >= 0.6 is 0 Å². The van der Waals surface area contributed by atoms with E-state index >= 15 is 0 Å². The van der Waals surface area contributed by atoms with E-state index in [-0.39, 0.29) is 0 Å². The maximum atomic E-state index is 5.96. The summed E-state index contributed by atoms with van der Waals surface area (Å²) >= 11 is 0. The molecule has 0 spiro atoms. The fourth-order valence-corrected chi connectivity index (χ4v) is 1.75. The van der Waals surface area contributed by atoms with Gasteiger partial charge < -0.3 is 10.2 Å². The molecule has 0 aliphatic carbocycles. The molecule has 0 aliphatic rings. The zero-order valence-corrected chi connectivity index (χ0v) is 10.1. The van der Waals surface area contributed by atoms with Crippen LogP contribution in [0.4, 0.5) is 5.69 Å². The number of aryl methyl sites for hydroxylation is 2. The average molecular weight is 219 g/mol. The first-order valence-corrected chi connectivity index (χ1v) is 5.41. The second-order valence-electron chi connectivity index (χ2n) is 4.33. The molecule has 0 aromatic carbocycles. The number of aromatic nitrogens is 2. The highest BCUT2D eigenvalue weighted by Crippen LogP contribution is 2.30. The molecule has 0 unspecified atom stereocenters. The summed E-state index contributed by atoms with van der Waals surface area (Å²) in [5.74, 6) is 1.74. The Hall–Kier alpha value is -1.71. The molecule has 0 atom stereocenters. The number of nitrogen functional groups attached to an aromatic ring is 1. The minimum atomic E-state index is 0.310. The average Bonchev–Trinajstić information content (AvgIpc) is 2.69. The Bertz CT molecular complexity index is 508. The van der Waals surface area contributed by atoms with E-state index in [0.29, 0.717) is 11.7 Å². The fourth-order valence-electron chi connectivity index (χ4n) is 1.75. The monoisotopic (exact) mass is 219 g/mol. The van der Waals surface area contributed by atoms with Crippen molar-refractivity contribution in [2.24, 2.45) is 0 Å². The van der Waals surface area contributed by atoms with Gasteiger partial charge in [-0.25, -0.2) is 0 Å². The molecule has 2 aromatic rings. The van der Waals surface area contributed by atoms with E-state index in [1.807, 2.05) is 30.8 Å². The first-order chi connectivity index (χ1) is 7.49. The van der Waals surface area contributed by atoms with Crippen molar-refractivity contribution < 1.29 is 4.42 Å². The summed E-state index contributed by atoms with van der Waals surface area (Å²) in [4.78, 5) is 0. The zero-order valence-electron chi connectivity index (χ0n) is 10.1. The van der Waals surface area contributed by atoms with Crippen molar-refractivity contribution in [3.8, 4) is 11.3 Å². The van der Waals surface area contributed by atoms with Crippen LogP contribution in [0, 0.1) is 13.8 Å². The third-order valence-corrected chi connectivity index (χ3v) is 2.59. The number of hydrogen-bond donors (Lipinski definition) is 1. The molecule has 4 heteroatoms.